The van der Waals surface area contributed by atoms with Crippen molar-refractivity contribution in [1.29, 1.82) is 0 Å². The van der Waals surface area contributed by atoms with Gasteiger partial charge in [0.1, 0.15) is 5.75 Å². The molecular weight excluding hydrogens is 264 g/mol. The summed E-state index contributed by atoms with van der Waals surface area (Å²) in [5.41, 5.74) is 1.79. The molecule has 0 bridgehead atoms. The van der Waals surface area contributed by atoms with Crippen LogP contribution < -0.4 is 4.74 Å². The summed E-state index contributed by atoms with van der Waals surface area (Å²) in [6, 6.07) is 17.2. The van der Waals surface area contributed by atoms with E-state index >= 15 is 0 Å². The van der Waals surface area contributed by atoms with Gasteiger partial charge >= 0.3 is 0 Å². The maximum absolute atomic E-state index is 12.7. The second-order valence-electron chi connectivity index (χ2n) is 5.19. The molecule has 3 rings (SSSR count). The Hall–Kier alpha value is -2.13. The van der Waals surface area contributed by atoms with Gasteiger partial charge in [0.15, 0.2) is 5.78 Å². The van der Waals surface area contributed by atoms with Gasteiger partial charge < -0.3 is 9.47 Å². The van der Waals surface area contributed by atoms with Gasteiger partial charge in [-0.05, 0) is 36.2 Å². The third-order valence-corrected chi connectivity index (χ3v) is 3.93. The monoisotopic (exact) mass is 282 g/mol. The van der Waals surface area contributed by atoms with E-state index in [9.17, 15) is 4.79 Å². The van der Waals surface area contributed by atoms with Gasteiger partial charge in [-0.2, -0.15) is 0 Å². The van der Waals surface area contributed by atoms with Crippen LogP contribution in [0.1, 0.15) is 28.4 Å². The summed E-state index contributed by atoms with van der Waals surface area (Å²) < 4.78 is 10.9. The lowest BCUT2D eigenvalue weighted by molar-refractivity contribution is 0.0701. The molecule has 0 unspecified atom stereocenters. The molecule has 2 atom stereocenters. The molecule has 0 N–H and O–H groups in total. The lowest BCUT2D eigenvalue weighted by Crippen LogP contribution is -2.18. The highest BCUT2D eigenvalue weighted by Gasteiger charge is 2.35. The van der Waals surface area contributed by atoms with Crippen molar-refractivity contribution in [3.8, 4) is 5.75 Å². The van der Waals surface area contributed by atoms with Gasteiger partial charge in [-0.1, -0.05) is 30.3 Å². The molecule has 21 heavy (non-hydrogen) atoms. The second kappa shape index (κ2) is 6.10. The van der Waals surface area contributed by atoms with Crippen LogP contribution in [0.15, 0.2) is 54.6 Å². The average Bonchev–Trinajstić information content (AvgIpc) is 3.04. The van der Waals surface area contributed by atoms with Crippen molar-refractivity contribution in [2.24, 2.45) is 5.92 Å². The van der Waals surface area contributed by atoms with Crippen LogP contribution >= 0.6 is 0 Å². The summed E-state index contributed by atoms with van der Waals surface area (Å²) in [6.45, 7) is 0.631. The highest BCUT2D eigenvalue weighted by molar-refractivity contribution is 5.98. The maximum atomic E-state index is 12.7. The number of methoxy groups -OCH3 is 1. The van der Waals surface area contributed by atoms with E-state index < -0.39 is 0 Å². The molecule has 1 aliphatic heterocycles. The Balaban J connectivity index is 1.82. The Labute approximate surface area is 124 Å². The molecule has 0 saturated carbocycles. The molecular formula is C18H18O3. The standard InChI is InChI=1S/C18H18O3/c1-20-15-9-7-13(8-10-15)17(19)16-11-12-21-18(16)14-5-3-2-4-6-14/h2-10,16,18H,11-12H2,1H3/t16-,18-/m0/s1. The van der Waals surface area contributed by atoms with Crippen LogP contribution in [0.4, 0.5) is 0 Å². The van der Waals surface area contributed by atoms with Gasteiger partial charge in [0, 0.05) is 12.2 Å². The largest absolute Gasteiger partial charge is 0.497 e. The van der Waals surface area contributed by atoms with E-state index in [2.05, 4.69) is 0 Å². The first-order chi connectivity index (χ1) is 10.3. The first-order valence-corrected chi connectivity index (χ1v) is 7.14. The van der Waals surface area contributed by atoms with Crippen LogP contribution in [0, 0.1) is 5.92 Å². The smallest absolute Gasteiger partial charge is 0.168 e. The third-order valence-electron chi connectivity index (χ3n) is 3.93. The Bertz CT molecular complexity index is 604. The van der Waals surface area contributed by atoms with E-state index in [4.69, 9.17) is 9.47 Å². The van der Waals surface area contributed by atoms with E-state index in [1.54, 1.807) is 7.11 Å². The van der Waals surface area contributed by atoms with Crippen LogP contribution in [0.5, 0.6) is 5.75 Å². The average molecular weight is 282 g/mol. The minimum Gasteiger partial charge on any atom is -0.497 e. The lowest BCUT2D eigenvalue weighted by atomic mass is 9.88. The van der Waals surface area contributed by atoms with Crippen LogP contribution in [-0.2, 0) is 4.74 Å². The summed E-state index contributed by atoms with van der Waals surface area (Å²) in [6.07, 6.45) is 0.630. The zero-order chi connectivity index (χ0) is 14.7. The number of benzene rings is 2. The van der Waals surface area contributed by atoms with Crippen LogP contribution in [0.25, 0.3) is 0 Å². The Morgan fingerprint density at radius 1 is 1.10 bits per heavy atom. The number of ether oxygens (including phenoxy) is 2. The van der Waals surface area contributed by atoms with E-state index in [0.29, 0.717) is 12.2 Å². The van der Waals surface area contributed by atoms with Crippen LogP contribution in [-0.4, -0.2) is 19.5 Å². The van der Waals surface area contributed by atoms with Crippen LogP contribution in [0.3, 0.4) is 0 Å². The molecule has 1 saturated heterocycles. The molecule has 1 aliphatic rings. The zero-order valence-corrected chi connectivity index (χ0v) is 12.0. The van der Waals surface area contributed by atoms with E-state index in [1.807, 2.05) is 54.6 Å². The van der Waals surface area contributed by atoms with Gasteiger partial charge in [-0.25, -0.2) is 0 Å². The molecule has 2 aromatic carbocycles. The van der Waals surface area contributed by atoms with Crippen molar-refractivity contribution >= 4 is 5.78 Å². The van der Waals surface area contributed by atoms with Crippen molar-refractivity contribution in [2.75, 3.05) is 13.7 Å². The van der Waals surface area contributed by atoms with Crippen molar-refractivity contribution < 1.29 is 14.3 Å². The van der Waals surface area contributed by atoms with E-state index in [-0.39, 0.29) is 17.8 Å². The SMILES string of the molecule is COc1ccc(C(=O)[C@@H]2CCO[C@H]2c2ccccc2)cc1. The summed E-state index contributed by atoms with van der Waals surface area (Å²) in [4.78, 5) is 12.7. The number of ketones is 1. The normalized spacial score (nSPS) is 21.2. The number of hydrogen-bond donors (Lipinski definition) is 0. The van der Waals surface area contributed by atoms with Gasteiger partial charge in [0.25, 0.3) is 0 Å². The number of carbonyl (C=O) groups is 1. The highest BCUT2D eigenvalue weighted by atomic mass is 16.5. The summed E-state index contributed by atoms with van der Waals surface area (Å²) in [5, 5.41) is 0. The second-order valence-corrected chi connectivity index (χ2v) is 5.19. The van der Waals surface area contributed by atoms with Gasteiger partial charge in [-0.15, -0.1) is 0 Å². The van der Waals surface area contributed by atoms with Crippen molar-refractivity contribution in [1.82, 2.24) is 0 Å². The van der Waals surface area contributed by atoms with Crippen LogP contribution in [0.2, 0.25) is 0 Å². The first-order valence-electron chi connectivity index (χ1n) is 7.14. The third kappa shape index (κ3) is 2.83. The maximum Gasteiger partial charge on any atom is 0.168 e. The number of Topliss-reactive ketones (excluding diaryl/α,β-unsaturated/α-hetero) is 1. The molecule has 2 aromatic rings. The van der Waals surface area contributed by atoms with Crippen molar-refractivity contribution in [3.63, 3.8) is 0 Å². The minimum absolute atomic E-state index is 0.110. The first kappa shape index (κ1) is 13.8. The summed E-state index contributed by atoms with van der Waals surface area (Å²) in [7, 11) is 1.62. The Morgan fingerprint density at radius 3 is 2.48 bits per heavy atom. The molecule has 0 amide bonds. The molecule has 1 heterocycles. The predicted molar refractivity (Wildman–Crippen MR) is 80.6 cm³/mol. The summed E-state index contributed by atoms with van der Waals surface area (Å²) >= 11 is 0. The molecule has 1 fully saturated rings. The van der Waals surface area contributed by atoms with E-state index in [0.717, 1.165) is 17.7 Å². The highest BCUT2D eigenvalue weighted by Crippen LogP contribution is 2.36. The van der Waals surface area contributed by atoms with Gasteiger partial charge in [0.2, 0.25) is 0 Å². The fraction of sp³-hybridized carbons (Fsp3) is 0.278. The molecule has 108 valence electrons. The zero-order valence-electron chi connectivity index (χ0n) is 12.0. The quantitative estimate of drug-likeness (QED) is 0.803. The lowest BCUT2D eigenvalue weighted by Gasteiger charge is -2.18. The molecule has 0 aromatic heterocycles. The molecule has 3 heteroatoms. The number of rotatable bonds is 4. The molecule has 0 aliphatic carbocycles. The number of hydrogen-bond acceptors (Lipinski definition) is 3. The fourth-order valence-corrected chi connectivity index (χ4v) is 2.80. The fourth-order valence-electron chi connectivity index (χ4n) is 2.80. The molecule has 3 nitrogen and oxygen atoms in total. The van der Waals surface area contributed by atoms with Crippen molar-refractivity contribution in [3.05, 3.63) is 65.7 Å². The summed E-state index contributed by atoms with van der Waals surface area (Å²) in [5.74, 6) is 0.790. The molecule has 0 radical (unpaired) electrons. The number of carbonyl (C=O) groups excluding carboxylic acids is 1. The van der Waals surface area contributed by atoms with E-state index in [1.165, 1.54) is 0 Å². The topological polar surface area (TPSA) is 35.5 Å². The van der Waals surface area contributed by atoms with Gasteiger partial charge in [-0.3, -0.25) is 4.79 Å². The van der Waals surface area contributed by atoms with Gasteiger partial charge in [0.05, 0.1) is 19.1 Å². The molecule has 0 spiro atoms. The Morgan fingerprint density at radius 2 is 1.81 bits per heavy atom. The Kier molecular flexibility index (Phi) is 4.02. The predicted octanol–water partition coefficient (Wildman–Crippen LogP) is 3.66. The minimum atomic E-state index is -0.138. The van der Waals surface area contributed by atoms with Crippen molar-refractivity contribution in [2.45, 2.75) is 12.5 Å².